The molecule has 1 aliphatic carbocycles. The Kier molecular flexibility index (Phi) is 3.52. The summed E-state index contributed by atoms with van der Waals surface area (Å²) in [6.07, 6.45) is 5.61. The van der Waals surface area contributed by atoms with E-state index in [1.54, 1.807) is 6.20 Å². The third kappa shape index (κ3) is 2.88. The molecule has 1 fully saturated rings. The SMILES string of the molecule is CC1(c2cc(C(C)(C)NC(=O)O)ccn2)CCCC1. The number of aromatic nitrogens is 1. The topological polar surface area (TPSA) is 62.2 Å². The maximum absolute atomic E-state index is 10.9. The maximum atomic E-state index is 10.9. The van der Waals surface area contributed by atoms with E-state index in [9.17, 15) is 4.79 Å². The Labute approximate surface area is 114 Å². The van der Waals surface area contributed by atoms with Crippen molar-refractivity contribution < 1.29 is 9.90 Å². The zero-order chi connectivity index (χ0) is 14.1. The number of hydrogen-bond donors (Lipinski definition) is 2. The van der Waals surface area contributed by atoms with Gasteiger partial charge in [-0.25, -0.2) is 4.79 Å². The van der Waals surface area contributed by atoms with Crippen molar-refractivity contribution in [1.82, 2.24) is 10.3 Å². The lowest BCUT2D eigenvalue weighted by atomic mass is 9.82. The predicted molar refractivity (Wildman–Crippen MR) is 74.2 cm³/mol. The molecule has 1 aromatic rings. The van der Waals surface area contributed by atoms with Crippen molar-refractivity contribution >= 4 is 6.09 Å². The van der Waals surface area contributed by atoms with E-state index in [1.807, 2.05) is 19.9 Å². The number of rotatable bonds is 3. The van der Waals surface area contributed by atoms with Crippen LogP contribution in [0, 0.1) is 0 Å². The van der Waals surface area contributed by atoms with Crippen molar-refractivity contribution in [2.24, 2.45) is 0 Å². The highest BCUT2D eigenvalue weighted by Crippen LogP contribution is 2.40. The molecule has 4 heteroatoms. The second kappa shape index (κ2) is 4.83. The van der Waals surface area contributed by atoms with Crippen LogP contribution in [0.1, 0.15) is 57.7 Å². The second-order valence-corrected chi connectivity index (χ2v) is 6.25. The van der Waals surface area contributed by atoms with Gasteiger partial charge < -0.3 is 10.4 Å². The zero-order valence-corrected chi connectivity index (χ0v) is 11.9. The summed E-state index contributed by atoms with van der Waals surface area (Å²) in [5.74, 6) is 0. The van der Waals surface area contributed by atoms with Crippen LogP contribution in [-0.4, -0.2) is 16.2 Å². The van der Waals surface area contributed by atoms with Crippen LogP contribution in [0.25, 0.3) is 0 Å². The molecule has 104 valence electrons. The van der Waals surface area contributed by atoms with Crippen LogP contribution >= 0.6 is 0 Å². The number of nitrogens with zero attached hydrogens (tertiary/aromatic N) is 1. The van der Waals surface area contributed by atoms with Gasteiger partial charge in [0.15, 0.2) is 0 Å². The lowest BCUT2D eigenvalue weighted by molar-refractivity contribution is 0.182. The van der Waals surface area contributed by atoms with Crippen LogP contribution < -0.4 is 5.32 Å². The van der Waals surface area contributed by atoms with Gasteiger partial charge in [0.25, 0.3) is 0 Å². The van der Waals surface area contributed by atoms with Gasteiger partial charge in [-0.1, -0.05) is 19.8 Å². The number of pyridine rings is 1. The van der Waals surface area contributed by atoms with Crippen molar-refractivity contribution in [2.75, 3.05) is 0 Å². The van der Waals surface area contributed by atoms with Crippen molar-refractivity contribution in [3.8, 4) is 0 Å². The van der Waals surface area contributed by atoms with Crippen molar-refractivity contribution in [1.29, 1.82) is 0 Å². The van der Waals surface area contributed by atoms with E-state index in [4.69, 9.17) is 5.11 Å². The Balaban J connectivity index is 2.31. The predicted octanol–water partition coefficient (Wildman–Crippen LogP) is 3.42. The first-order valence-corrected chi connectivity index (χ1v) is 6.82. The normalized spacial score (nSPS) is 18.3. The van der Waals surface area contributed by atoms with Gasteiger partial charge in [0.1, 0.15) is 0 Å². The van der Waals surface area contributed by atoms with E-state index in [-0.39, 0.29) is 5.41 Å². The van der Waals surface area contributed by atoms with Gasteiger partial charge in [-0.15, -0.1) is 0 Å². The van der Waals surface area contributed by atoms with E-state index >= 15 is 0 Å². The molecule has 1 saturated carbocycles. The number of hydrogen-bond acceptors (Lipinski definition) is 2. The summed E-state index contributed by atoms with van der Waals surface area (Å²) in [5, 5.41) is 11.5. The fourth-order valence-corrected chi connectivity index (χ4v) is 2.90. The monoisotopic (exact) mass is 262 g/mol. The first kappa shape index (κ1) is 13.8. The zero-order valence-electron chi connectivity index (χ0n) is 11.9. The average molecular weight is 262 g/mol. The molecule has 0 unspecified atom stereocenters. The highest BCUT2D eigenvalue weighted by molar-refractivity contribution is 5.66. The summed E-state index contributed by atoms with van der Waals surface area (Å²) < 4.78 is 0. The summed E-state index contributed by atoms with van der Waals surface area (Å²) >= 11 is 0. The quantitative estimate of drug-likeness (QED) is 0.877. The molecule has 0 aromatic carbocycles. The van der Waals surface area contributed by atoms with Crippen LogP contribution in [0.5, 0.6) is 0 Å². The van der Waals surface area contributed by atoms with Gasteiger partial charge in [-0.3, -0.25) is 4.98 Å². The molecular formula is C15H22N2O2. The molecule has 0 atom stereocenters. The minimum atomic E-state index is -1.00. The fourth-order valence-electron chi connectivity index (χ4n) is 2.90. The van der Waals surface area contributed by atoms with Crippen LogP contribution in [-0.2, 0) is 11.0 Å². The molecule has 2 rings (SSSR count). The molecule has 1 aliphatic rings. The van der Waals surface area contributed by atoms with Crippen LogP contribution in [0.2, 0.25) is 0 Å². The van der Waals surface area contributed by atoms with Crippen LogP contribution in [0.15, 0.2) is 18.3 Å². The molecule has 19 heavy (non-hydrogen) atoms. The highest BCUT2D eigenvalue weighted by Gasteiger charge is 2.33. The summed E-state index contributed by atoms with van der Waals surface area (Å²) in [4.78, 5) is 15.4. The maximum Gasteiger partial charge on any atom is 0.405 e. The van der Waals surface area contributed by atoms with Gasteiger partial charge >= 0.3 is 6.09 Å². The Morgan fingerprint density at radius 3 is 2.63 bits per heavy atom. The van der Waals surface area contributed by atoms with Gasteiger partial charge in [0.05, 0.1) is 5.54 Å². The molecule has 1 amide bonds. The Morgan fingerprint density at radius 2 is 2.05 bits per heavy atom. The van der Waals surface area contributed by atoms with Crippen LogP contribution in [0.4, 0.5) is 4.79 Å². The van der Waals surface area contributed by atoms with Gasteiger partial charge in [-0.05, 0) is 44.4 Å². The van der Waals surface area contributed by atoms with E-state index < -0.39 is 11.6 Å². The molecule has 4 nitrogen and oxygen atoms in total. The van der Waals surface area contributed by atoms with E-state index in [1.165, 1.54) is 12.8 Å². The van der Waals surface area contributed by atoms with E-state index in [2.05, 4.69) is 23.3 Å². The molecule has 2 N–H and O–H groups in total. The van der Waals surface area contributed by atoms with Crippen LogP contribution in [0.3, 0.4) is 0 Å². The molecule has 0 bridgehead atoms. The molecule has 1 heterocycles. The molecular weight excluding hydrogens is 240 g/mol. The average Bonchev–Trinajstić information content (AvgIpc) is 2.76. The van der Waals surface area contributed by atoms with Gasteiger partial charge in [-0.2, -0.15) is 0 Å². The molecule has 0 spiro atoms. The smallest absolute Gasteiger partial charge is 0.405 e. The Hall–Kier alpha value is -1.58. The van der Waals surface area contributed by atoms with Crippen molar-refractivity contribution in [3.63, 3.8) is 0 Å². The fraction of sp³-hybridized carbons (Fsp3) is 0.600. The molecule has 1 aromatic heterocycles. The standard InChI is InChI=1S/C15H22N2O2/c1-14(2,17-13(18)19)11-6-9-16-12(10-11)15(3)7-4-5-8-15/h6,9-10,17H,4-5,7-8H2,1-3H3,(H,18,19). The lowest BCUT2D eigenvalue weighted by Gasteiger charge is -2.28. The largest absolute Gasteiger partial charge is 0.465 e. The lowest BCUT2D eigenvalue weighted by Crippen LogP contribution is -2.40. The minimum Gasteiger partial charge on any atom is -0.465 e. The molecule has 0 aliphatic heterocycles. The number of amides is 1. The first-order chi connectivity index (χ1) is 8.83. The van der Waals surface area contributed by atoms with Crippen molar-refractivity contribution in [3.05, 3.63) is 29.6 Å². The van der Waals surface area contributed by atoms with E-state index in [0.717, 1.165) is 24.1 Å². The summed E-state index contributed by atoms with van der Waals surface area (Å²) in [6, 6.07) is 3.94. The molecule has 0 saturated heterocycles. The first-order valence-electron chi connectivity index (χ1n) is 6.82. The number of carboxylic acid groups (broad SMARTS) is 1. The summed E-state index contributed by atoms with van der Waals surface area (Å²) in [7, 11) is 0. The van der Waals surface area contributed by atoms with Gasteiger partial charge in [0.2, 0.25) is 0 Å². The summed E-state index contributed by atoms with van der Waals surface area (Å²) in [5.41, 5.74) is 1.60. The third-order valence-corrected chi connectivity index (χ3v) is 4.23. The molecule has 0 radical (unpaired) electrons. The van der Waals surface area contributed by atoms with Gasteiger partial charge in [0, 0.05) is 17.3 Å². The second-order valence-electron chi connectivity index (χ2n) is 6.25. The van der Waals surface area contributed by atoms with Crippen molar-refractivity contribution in [2.45, 2.75) is 57.4 Å². The minimum absolute atomic E-state index is 0.148. The third-order valence-electron chi connectivity index (χ3n) is 4.23. The number of carbonyl (C=O) groups is 1. The number of nitrogens with one attached hydrogen (secondary N) is 1. The van der Waals surface area contributed by atoms with E-state index in [0.29, 0.717) is 0 Å². The Morgan fingerprint density at radius 1 is 1.42 bits per heavy atom. The highest BCUT2D eigenvalue weighted by atomic mass is 16.4. The summed E-state index contributed by atoms with van der Waals surface area (Å²) in [6.45, 7) is 6.00. The Bertz CT molecular complexity index is 477.